The quantitative estimate of drug-likeness (QED) is 0.819. The van der Waals surface area contributed by atoms with E-state index in [1.165, 1.54) is 11.1 Å². The van der Waals surface area contributed by atoms with Crippen molar-refractivity contribution in [2.45, 2.75) is 38.6 Å². The predicted molar refractivity (Wildman–Crippen MR) is 88.8 cm³/mol. The lowest BCUT2D eigenvalue weighted by molar-refractivity contribution is -0.0729. The Bertz CT molecular complexity index is 520. The normalized spacial score (nSPS) is 22.7. The molecular weight excluding hydrogens is 274 g/mol. The molecule has 0 amide bonds. The van der Waals surface area contributed by atoms with Crippen LogP contribution in [0.15, 0.2) is 54.3 Å². The van der Waals surface area contributed by atoms with Gasteiger partial charge >= 0.3 is 0 Å². The summed E-state index contributed by atoms with van der Waals surface area (Å²) in [5, 5.41) is 3.36. The standard InChI is InChI=1S/C18H25N3O/c1-15-6-5-13-21(14-16-7-3-2-4-8-16)18(15)20-22-17-9-11-19-12-10-17/h2-8,13,17-20H,9-12,14H2,1H3. The van der Waals surface area contributed by atoms with Crippen LogP contribution in [0, 0.1) is 0 Å². The Morgan fingerprint density at radius 1 is 1.23 bits per heavy atom. The second-order valence-corrected chi connectivity index (χ2v) is 6.00. The lowest BCUT2D eigenvalue weighted by atomic mass is 10.1. The molecule has 1 atom stereocenters. The zero-order valence-corrected chi connectivity index (χ0v) is 13.2. The largest absolute Gasteiger partial charge is 0.352 e. The highest BCUT2D eigenvalue weighted by Crippen LogP contribution is 2.18. The monoisotopic (exact) mass is 299 g/mol. The van der Waals surface area contributed by atoms with Crippen molar-refractivity contribution in [3.05, 3.63) is 59.8 Å². The summed E-state index contributed by atoms with van der Waals surface area (Å²) in [4.78, 5) is 8.24. The van der Waals surface area contributed by atoms with Gasteiger partial charge in [-0.15, -0.1) is 0 Å². The number of allylic oxidation sites excluding steroid dienone is 2. The molecular formula is C18H25N3O. The van der Waals surface area contributed by atoms with Gasteiger partial charge in [0.15, 0.2) is 0 Å². The first kappa shape index (κ1) is 15.3. The van der Waals surface area contributed by atoms with Crippen molar-refractivity contribution in [3.63, 3.8) is 0 Å². The fourth-order valence-corrected chi connectivity index (χ4v) is 2.92. The predicted octanol–water partition coefficient (Wildman–Crippen LogP) is 2.56. The van der Waals surface area contributed by atoms with Gasteiger partial charge in [0, 0.05) is 12.7 Å². The Labute approximate surface area is 132 Å². The van der Waals surface area contributed by atoms with Crippen LogP contribution in [0.1, 0.15) is 25.3 Å². The summed E-state index contributed by atoms with van der Waals surface area (Å²) in [6, 6.07) is 10.5. The molecule has 0 radical (unpaired) electrons. The number of nitrogens with one attached hydrogen (secondary N) is 2. The molecule has 1 unspecified atom stereocenters. The molecule has 2 N–H and O–H groups in total. The Balaban J connectivity index is 1.60. The van der Waals surface area contributed by atoms with Crippen LogP contribution in [-0.2, 0) is 11.4 Å². The van der Waals surface area contributed by atoms with E-state index in [1.807, 2.05) is 0 Å². The minimum atomic E-state index is 0.0973. The topological polar surface area (TPSA) is 36.5 Å². The molecule has 2 aliphatic heterocycles. The molecule has 1 fully saturated rings. The summed E-state index contributed by atoms with van der Waals surface area (Å²) in [7, 11) is 0. The number of hydrogen-bond donors (Lipinski definition) is 2. The number of nitrogens with zero attached hydrogens (tertiary/aromatic N) is 1. The molecule has 4 heteroatoms. The zero-order chi connectivity index (χ0) is 15.2. The molecule has 1 aromatic rings. The Hall–Kier alpha value is -1.62. The van der Waals surface area contributed by atoms with Crippen LogP contribution in [-0.4, -0.2) is 30.3 Å². The van der Waals surface area contributed by atoms with Crippen LogP contribution in [0.25, 0.3) is 0 Å². The van der Waals surface area contributed by atoms with Gasteiger partial charge in [0.25, 0.3) is 0 Å². The number of rotatable bonds is 5. The van der Waals surface area contributed by atoms with Gasteiger partial charge in [-0.1, -0.05) is 36.4 Å². The van der Waals surface area contributed by atoms with Crippen molar-refractivity contribution in [1.82, 2.24) is 15.7 Å². The van der Waals surface area contributed by atoms with Crippen LogP contribution in [0.5, 0.6) is 0 Å². The maximum absolute atomic E-state index is 5.95. The van der Waals surface area contributed by atoms with Gasteiger partial charge in [-0.2, -0.15) is 5.48 Å². The Kier molecular flexibility index (Phi) is 5.27. The molecule has 0 aromatic heterocycles. The van der Waals surface area contributed by atoms with Crippen molar-refractivity contribution in [2.24, 2.45) is 0 Å². The van der Waals surface area contributed by atoms with Gasteiger partial charge in [-0.25, -0.2) is 0 Å². The Morgan fingerprint density at radius 3 is 2.77 bits per heavy atom. The van der Waals surface area contributed by atoms with Crippen LogP contribution < -0.4 is 10.8 Å². The van der Waals surface area contributed by atoms with E-state index in [0.29, 0.717) is 6.10 Å². The third-order valence-electron chi connectivity index (χ3n) is 4.24. The van der Waals surface area contributed by atoms with Crippen molar-refractivity contribution >= 4 is 0 Å². The minimum Gasteiger partial charge on any atom is -0.352 e. The molecule has 0 saturated carbocycles. The van der Waals surface area contributed by atoms with Gasteiger partial charge in [0.05, 0.1) is 6.10 Å². The summed E-state index contributed by atoms with van der Waals surface area (Å²) < 4.78 is 0. The summed E-state index contributed by atoms with van der Waals surface area (Å²) >= 11 is 0. The third-order valence-corrected chi connectivity index (χ3v) is 4.24. The molecule has 22 heavy (non-hydrogen) atoms. The van der Waals surface area contributed by atoms with Crippen LogP contribution in [0.4, 0.5) is 0 Å². The molecule has 118 valence electrons. The van der Waals surface area contributed by atoms with Crippen molar-refractivity contribution < 1.29 is 4.84 Å². The number of hydrogen-bond acceptors (Lipinski definition) is 4. The molecule has 2 heterocycles. The fraction of sp³-hybridized carbons (Fsp3) is 0.444. The third kappa shape index (κ3) is 3.97. The SMILES string of the molecule is CC1=CC=CN(Cc2ccccc2)C1NOC1CCNCC1. The van der Waals surface area contributed by atoms with E-state index in [1.54, 1.807) is 0 Å². The van der Waals surface area contributed by atoms with E-state index < -0.39 is 0 Å². The summed E-state index contributed by atoms with van der Waals surface area (Å²) in [6.45, 7) is 5.10. The van der Waals surface area contributed by atoms with Gasteiger partial charge in [-0.3, -0.25) is 4.84 Å². The van der Waals surface area contributed by atoms with E-state index in [2.05, 4.69) is 71.3 Å². The molecule has 0 spiro atoms. The van der Waals surface area contributed by atoms with E-state index in [4.69, 9.17) is 4.84 Å². The first-order valence-electron chi connectivity index (χ1n) is 8.09. The highest BCUT2D eigenvalue weighted by Gasteiger charge is 2.22. The lowest BCUT2D eigenvalue weighted by Crippen LogP contribution is -2.47. The zero-order valence-electron chi connectivity index (χ0n) is 13.2. The number of hydroxylamine groups is 1. The van der Waals surface area contributed by atoms with Gasteiger partial charge in [-0.05, 0) is 50.1 Å². The van der Waals surface area contributed by atoms with Crippen molar-refractivity contribution in [2.75, 3.05) is 13.1 Å². The van der Waals surface area contributed by atoms with Crippen molar-refractivity contribution in [1.29, 1.82) is 0 Å². The average Bonchev–Trinajstić information content (AvgIpc) is 2.56. The highest BCUT2D eigenvalue weighted by atomic mass is 16.7. The molecule has 1 aromatic carbocycles. The van der Waals surface area contributed by atoms with E-state index in [0.717, 1.165) is 32.5 Å². The molecule has 0 aliphatic carbocycles. The highest BCUT2D eigenvalue weighted by molar-refractivity contribution is 5.23. The Morgan fingerprint density at radius 2 is 2.00 bits per heavy atom. The van der Waals surface area contributed by atoms with E-state index in [9.17, 15) is 0 Å². The molecule has 3 rings (SSSR count). The number of piperidine rings is 1. The summed E-state index contributed by atoms with van der Waals surface area (Å²) in [5.74, 6) is 0. The average molecular weight is 299 g/mol. The lowest BCUT2D eigenvalue weighted by Gasteiger charge is -2.35. The summed E-state index contributed by atoms with van der Waals surface area (Å²) in [5.41, 5.74) is 5.86. The van der Waals surface area contributed by atoms with Gasteiger partial charge in [0.1, 0.15) is 6.17 Å². The van der Waals surface area contributed by atoms with Crippen LogP contribution >= 0.6 is 0 Å². The van der Waals surface area contributed by atoms with Gasteiger partial charge in [0.2, 0.25) is 0 Å². The van der Waals surface area contributed by atoms with Gasteiger partial charge < -0.3 is 10.2 Å². The molecule has 1 saturated heterocycles. The minimum absolute atomic E-state index is 0.0973. The second-order valence-electron chi connectivity index (χ2n) is 6.00. The number of benzene rings is 1. The molecule has 4 nitrogen and oxygen atoms in total. The first-order valence-corrected chi connectivity index (χ1v) is 8.09. The maximum Gasteiger partial charge on any atom is 0.124 e. The van der Waals surface area contributed by atoms with Crippen LogP contribution in [0.3, 0.4) is 0 Å². The molecule has 0 bridgehead atoms. The van der Waals surface area contributed by atoms with E-state index in [-0.39, 0.29) is 6.17 Å². The molecule has 2 aliphatic rings. The van der Waals surface area contributed by atoms with Crippen LogP contribution in [0.2, 0.25) is 0 Å². The first-order chi connectivity index (χ1) is 10.8. The maximum atomic E-state index is 5.95. The fourth-order valence-electron chi connectivity index (χ4n) is 2.92. The summed E-state index contributed by atoms with van der Waals surface area (Å²) in [6.07, 6.45) is 8.90. The smallest absolute Gasteiger partial charge is 0.124 e. The van der Waals surface area contributed by atoms with E-state index >= 15 is 0 Å². The second kappa shape index (κ2) is 7.58. The van der Waals surface area contributed by atoms with Crippen molar-refractivity contribution in [3.8, 4) is 0 Å².